The molecule has 0 unspecified atom stereocenters. The highest BCUT2D eigenvalue weighted by atomic mass is 32.2. The molecule has 2 amide bonds. The van der Waals surface area contributed by atoms with Crippen LogP contribution in [0, 0.1) is 0 Å². The van der Waals surface area contributed by atoms with E-state index in [9.17, 15) is 18.0 Å². The van der Waals surface area contributed by atoms with Gasteiger partial charge < -0.3 is 10.2 Å². The summed E-state index contributed by atoms with van der Waals surface area (Å²) in [5.41, 5.74) is 1.48. The van der Waals surface area contributed by atoms with Crippen LogP contribution in [0.1, 0.15) is 76.2 Å². The molecular formula is C24H35N3O4S. The highest BCUT2D eigenvalue weighted by Crippen LogP contribution is 2.31. The number of hydrogen-bond donors (Lipinski definition) is 1. The quantitative estimate of drug-likeness (QED) is 0.728. The van der Waals surface area contributed by atoms with Gasteiger partial charge in [0.1, 0.15) is 6.54 Å². The molecule has 3 aliphatic rings. The Kier molecular flexibility index (Phi) is 7.51. The van der Waals surface area contributed by atoms with Gasteiger partial charge in [0.15, 0.2) is 0 Å². The van der Waals surface area contributed by atoms with Gasteiger partial charge in [-0.1, -0.05) is 38.5 Å². The number of sulfonamides is 1. The summed E-state index contributed by atoms with van der Waals surface area (Å²) in [7, 11) is -3.52. The van der Waals surface area contributed by atoms with Gasteiger partial charge in [0.25, 0.3) is 0 Å². The van der Waals surface area contributed by atoms with Crippen molar-refractivity contribution in [3.05, 3.63) is 23.8 Å². The summed E-state index contributed by atoms with van der Waals surface area (Å²) < 4.78 is 27.7. The molecule has 0 spiro atoms. The van der Waals surface area contributed by atoms with Gasteiger partial charge in [-0.2, -0.15) is 4.31 Å². The largest absolute Gasteiger partial charge is 0.352 e. The molecule has 0 aromatic heterocycles. The van der Waals surface area contributed by atoms with Crippen LogP contribution in [0.2, 0.25) is 0 Å². The maximum absolute atomic E-state index is 13.1. The SMILES string of the molecule is O=C(CN1C(=O)CCc2cc(S(=O)(=O)N3CCCCC3)ccc21)NC1CCCCCCC1. The van der Waals surface area contributed by atoms with E-state index in [0.717, 1.165) is 50.5 Å². The Morgan fingerprint density at radius 3 is 2.31 bits per heavy atom. The molecule has 1 aromatic rings. The van der Waals surface area contributed by atoms with Crippen LogP contribution < -0.4 is 10.2 Å². The van der Waals surface area contributed by atoms with Crippen LogP contribution in [0.5, 0.6) is 0 Å². The number of piperidine rings is 1. The smallest absolute Gasteiger partial charge is 0.243 e. The molecule has 0 radical (unpaired) electrons. The Morgan fingerprint density at radius 2 is 1.59 bits per heavy atom. The number of aryl methyl sites for hydroxylation is 1. The maximum Gasteiger partial charge on any atom is 0.243 e. The summed E-state index contributed by atoms with van der Waals surface area (Å²) >= 11 is 0. The summed E-state index contributed by atoms with van der Waals surface area (Å²) in [4.78, 5) is 27.2. The molecule has 176 valence electrons. The Bertz CT molecular complexity index is 933. The minimum absolute atomic E-state index is 0.0133. The number of carbonyl (C=O) groups excluding carboxylic acids is 2. The van der Waals surface area contributed by atoms with Crippen molar-refractivity contribution in [2.24, 2.45) is 0 Å². The monoisotopic (exact) mass is 461 g/mol. The topological polar surface area (TPSA) is 86.8 Å². The summed E-state index contributed by atoms with van der Waals surface area (Å²) in [5.74, 6) is -0.223. The fourth-order valence-electron chi connectivity index (χ4n) is 5.14. The molecule has 1 aliphatic carbocycles. The zero-order valence-electron chi connectivity index (χ0n) is 18.9. The molecule has 4 rings (SSSR count). The third-order valence-electron chi connectivity index (χ3n) is 6.98. The number of rotatable bonds is 5. The molecule has 7 nitrogen and oxygen atoms in total. The lowest BCUT2D eigenvalue weighted by atomic mass is 9.96. The van der Waals surface area contributed by atoms with Gasteiger partial charge in [-0.05, 0) is 55.9 Å². The molecule has 1 N–H and O–H groups in total. The van der Waals surface area contributed by atoms with Gasteiger partial charge in [-0.3, -0.25) is 9.59 Å². The number of hydrogen-bond acceptors (Lipinski definition) is 4. The average Bonchev–Trinajstić information content (AvgIpc) is 2.78. The number of nitrogens with zero attached hydrogens (tertiary/aromatic N) is 2. The molecule has 2 fully saturated rings. The van der Waals surface area contributed by atoms with E-state index in [4.69, 9.17) is 0 Å². The number of nitrogens with one attached hydrogen (secondary N) is 1. The van der Waals surface area contributed by atoms with Crippen molar-refractivity contribution in [2.75, 3.05) is 24.5 Å². The first-order chi connectivity index (χ1) is 15.4. The van der Waals surface area contributed by atoms with Crippen LogP contribution >= 0.6 is 0 Å². The van der Waals surface area contributed by atoms with Gasteiger partial charge in [0, 0.05) is 31.2 Å². The molecule has 2 aliphatic heterocycles. The van der Waals surface area contributed by atoms with Crippen molar-refractivity contribution in [3.63, 3.8) is 0 Å². The van der Waals surface area contributed by atoms with E-state index < -0.39 is 10.0 Å². The molecule has 0 atom stereocenters. The predicted octanol–water partition coefficient (Wildman–Crippen LogP) is 3.37. The van der Waals surface area contributed by atoms with Crippen LogP contribution in [0.25, 0.3) is 0 Å². The third-order valence-corrected chi connectivity index (χ3v) is 8.87. The zero-order valence-corrected chi connectivity index (χ0v) is 19.7. The Labute approximate surface area is 191 Å². The standard InChI is InChI=1S/C24H35N3O4S/c28-23(25-20-9-5-2-1-3-6-10-20)18-27-22-13-12-21(17-19(22)11-14-24(27)29)32(30,31)26-15-7-4-8-16-26/h12-13,17,20H,1-11,14-16,18H2,(H,25,28). The van der Waals surface area contributed by atoms with Crippen molar-refractivity contribution in [1.82, 2.24) is 9.62 Å². The molecule has 8 heteroatoms. The Morgan fingerprint density at radius 1 is 0.938 bits per heavy atom. The number of benzene rings is 1. The van der Waals surface area contributed by atoms with E-state index in [2.05, 4.69) is 5.32 Å². The number of carbonyl (C=O) groups is 2. The maximum atomic E-state index is 13.1. The van der Waals surface area contributed by atoms with Crippen LogP contribution in [0.3, 0.4) is 0 Å². The normalized spacial score (nSPS) is 21.5. The first-order valence-corrected chi connectivity index (χ1v) is 13.6. The van der Waals surface area contributed by atoms with Gasteiger partial charge in [-0.15, -0.1) is 0 Å². The fourth-order valence-corrected chi connectivity index (χ4v) is 6.71. The van der Waals surface area contributed by atoms with E-state index in [1.807, 2.05) is 0 Å². The third kappa shape index (κ3) is 5.34. The van der Waals surface area contributed by atoms with Crippen LogP contribution in [-0.2, 0) is 26.0 Å². The van der Waals surface area contributed by atoms with Crippen LogP contribution in [-0.4, -0.2) is 50.2 Å². The lowest BCUT2D eigenvalue weighted by Gasteiger charge is -2.31. The highest BCUT2D eigenvalue weighted by molar-refractivity contribution is 7.89. The second-order valence-corrected chi connectivity index (χ2v) is 11.3. The highest BCUT2D eigenvalue weighted by Gasteiger charge is 2.30. The zero-order chi connectivity index (χ0) is 22.6. The van der Waals surface area contributed by atoms with E-state index in [0.29, 0.717) is 25.2 Å². The second kappa shape index (κ2) is 10.3. The minimum Gasteiger partial charge on any atom is -0.352 e. The van der Waals surface area contributed by atoms with Gasteiger partial charge in [-0.25, -0.2) is 8.42 Å². The van der Waals surface area contributed by atoms with Gasteiger partial charge >= 0.3 is 0 Å². The molecule has 1 aromatic carbocycles. The Hall–Kier alpha value is -1.93. The number of amides is 2. The fraction of sp³-hybridized carbons (Fsp3) is 0.667. The summed E-state index contributed by atoms with van der Waals surface area (Å²) in [6.07, 6.45) is 11.6. The lowest BCUT2D eigenvalue weighted by Crippen LogP contribution is -2.46. The van der Waals surface area contributed by atoms with Crippen molar-refractivity contribution < 1.29 is 18.0 Å². The lowest BCUT2D eigenvalue weighted by molar-refractivity contribution is -0.124. The van der Waals surface area contributed by atoms with E-state index in [1.165, 1.54) is 24.2 Å². The van der Waals surface area contributed by atoms with E-state index in [-0.39, 0.29) is 35.7 Å². The van der Waals surface area contributed by atoms with E-state index in [1.54, 1.807) is 22.5 Å². The molecule has 1 saturated carbocycles. The first kappa shape index (κ1) is 23.2. The van der Waals surface area contributed by atoms with Crippen molar-refractivity contribution in [1.29, 1.82) is 0 Å². The summed E-state index contributed by atoms with van der Waals surface area (Å²) in [6, 6.07) is 5.16. The molecule has 2 heterocycles. The number of fused-ring (bicyclic) bond motifs is 1. The van der Waals surface area contributed by atoms with Crippen molar-refractivity contribution in [2.45, 2.75) is 88.0 Å². The molecule has 0 bridgehead atoms. The first-order valence-electron chi connectivity index (χ1n) is 12.2. The molecule has 32 heavy (non-hydrogen) atoms. The summed E-state index contributed by atoms with van der Waals surface area (Å²) in [5, 5.41) is 3.13. The van der Waals surface area contributed by atoms with Gasteiger partial charge in [0.2, 0.25) is 21.8 Å². The van der Waals surface area contributed by atoms with Crippen LogP contribution in [0.15, 0.2) is 23.1 Å². The van der Waals surface area contributed by atoms with Crippen LogP contribution in [0.4, 0.5) is 5.69 Å². The minimum atomic E-state index is -3.52. The number of anilines is 1. The summed E-state index contributed by atoms with van der Waals surface area (Å²) in [6.45, 7) is 1.11. The average molecular weight is 462 g/mol. The van der Waals surface area contributed by atoms with E-state index >= 15 is 0 Å². The van der Waals surface area contributed by atoms with Gasteiger partial charge in [0.05, 0.1) is 4.90 Å². The van der Waals surface area contributed by atoms with Crippen molar-refractivity contribution >= 4 is 27.5 Å². The van der Waals surface area contributed by atoms with Crippen molar-refractivity contribution in [3.8, 4) is 0 Å². The Balaban J connectivity index is 1.47. The predicted molar refractivity (Wildman–Crippen MR) is 124 cm³/mol. The molecule has 1 saturated heterocycles. The molecular weight excluding hydrogens is 426 g/mol. The second-order valence-electron chi connectivity index (χ2n) is 9.34.